The van der Waals surface area contributed by atoms with Crippen molar-refractivity contribution in [1.29, 1.82) is 0 Å². The van der Waals surface area contributed by atoms with Gasteiger partial charge in [-0.25, -0.2) is 0 Å². The van der Waals surface area contributed by atoms with Crippen LogP contribution in [0.25, 0.3) is 0 Å². The Labute approximate surface area is 116 Å². The average Bonchev–Trinajstić information content (AvgIpc) is 2.41. The van der Waals surface area contributed by atoms with Gasteiger partial charge in [0.25, 0.3) is 0 Å². The molecule has 0 aliphatic heterocycles. The van der Waals surface area contributed by atoms with E-state index in [1.807, 2.05) is 18.2 Å². The van der Waals surface area contributed by atoms with Crippen molar-refractivity contribution in [2.24, 2.45) is 0 Å². The Morgan fingerprint density at radius 1 is 1.06 bits per heavy atom. The number of halogens is 1. The predicted molar refractivity (Wildman–Crippen MR) is 78.7 cm³/mol. The van der Waals surface area contributed by atoms with Gasteiger partial charge >= 0.3 is 0 Å². The second kappa shape index (κ2) is 5.91. The fourth-order valence-electron chi connectivity index (χ4n) is 1.67. The summed E-state index contributed by atoms with van der Waals surface area (Å²) in [4.78, 5) is 0. The summed E-state index contributed by atoms with van der Waals surface area (Å²) in [7, 11) is 0. The molecule has 2 aromatic carbocycles. The third-order valence-electron chi connectivity index (χ3n) is 2.82. The Bertz CT molecular complexity index is 523. The number of anilines is 1. The Morgan fingerprint density at radius 3 is 2.39 bits per heavy atom. The highest BCUT2D eigenvalue weighted by molar-refractivity contribution is 9.10. The highest BCUT2D eigenvalue weighted by Crippen LogP contribution is 2.30. The Balaban J connectivity index is 2.04. The Hall–Kier alpha value is -1.48. The molecule has 2 rings (SSSR count). The van der Waals surface area contributed by atoms with Gasteiger partial charge in [-0.2, -0.15) is 0 Å². The van der Waals surface area contributed by atoms with Gasteiger partial charge in [0.05, 0.1) is 4.47 Å². The minimum absolute atomic E-state index is 0.548. The van der Waals surface area contributed by atoms with Crippen LogP contribution in [-0.2, 0) is 13.0 Å². The molecule has 3 heteroatoms. The maximum Gasteiger partial charge on any atom is 0.136 e. The highest BCUT2D eigenvalue weighted by atomic mass is 79.9. The number of benzene rings is 2. The minimum Gasteiger partial charge on any atom is -0.488 e. The summed E-state index contributed by atoms with van der Waals surface area (Å²) in [5, 5.41) is 0. The summed E-state index contributed by atoms with van der Waals surface area (Å²) in [5.74, 6) is 0.773. The van der Waals surface area contributed by atoms with Crippen molar-refractivity contribution in [3.63, 3.8) is 0 Å². The average molecular weight is 306 g/mol. The maximum absolute atomic E-state index is 5.80. The highest BCUT2D eigenvalue weighted by Gasteiger charge is 2.04. The number of hydrogen-bond donors (Lipinski definition) is 1. The van der Waals surface area contributed by atoms with Crippen molar-refractivity contribution in [1.82, 2.24) is 0 Å². The largest absolute Gasteiger partial charge is 0.488 e. The lowest BCUT2D eigenvalue weighted by Gasteiger charge is -2.10. The summed E-state index contributed by atoms with van der Waals surface area (Å²) in [6.45, 7) is 2.70. The second-order valence-corrected chi connectivity index (χ2v) is 4.91. The topological polar surface area (TPSA) is 35.2 Å². The molecule has 0 heterocycles. The molecule has 2 nitrogen and oxygen atoms in total. The zero-order valence-electron chi connectivity index (χ0n) is 10.3. The normalized spacial score (nSPS) is 10.3. The van der Waals surface area contributed by atoms with Crippen LogP contribution in [0.15, 0.2) is 46.9 Å². The lowest BCUT2D eigenvalue weighted by molar-refractivity contribution is 0.304. The van der Waals surface area contributed by atoms with E-state index in [0.29, 0.717) is 12.3 Å². The van der Waals surface area contributed by atoms with Crippen LogP contribution in [0.2, 0.25) is 0 Å². The van der Waals surface area contributed by atoms with Gasteiger partial charge in [-0.1, -0.05) is 37.3 Å². The summed E-state index contributed by atoms with van der Waals surface area (Å²) < 4.78 is 6.57. The monoisotopic (exact) mass is 305 g/mol. The predicted octanol–water partition coefficient (Wildman–Crippen LogP) is 4.17. The van der Waals surface area contributed by atoms with E-state index in [-0.39, 0.29) is 0 Å². The van der Waals surface area contributed by atoms with Gasteiger partial charge in [0.15, 0.2) is 0 Å². The number of hydrogen-bond acceptors (Lipinski definition) is 2. The molecule has 0 radical (unpaired) electrons. The molecular weight excluding hydrogens is 290 g/mol. The quantitative estimate of drug-likeness (QED) is 0.860. The van der Waals surface area contributed by atoms with Gasteiger partial charge in [-0.15, -0.1) is 0 Å². The maximum atomic E-state index is 5.80. The van der Waals surface area contributed by atoms with Crippen LogP contribution >= 0.6 is 15.9 Å². The van der Waals surface area contributed by atoms with E-state index in [4.69, 9.17) is 10.5 Å². The van der Waals surface area contributed by atoms with Gasteiger partial charge in [0.2, 0.25) is 0 Å². The van der Waals surface area contributed by atoms with E-state index >= 15 is 0 Å². The molecule has 2 N–H and O–H groups in total. The zero-order valence-corrected chi connectivity index (χ0v) is 11.9. The molecule has 18 heavy (non-hydrogen) atoms. The smallest absolute Gasteiger partial charge is 0.136 e. The van der Waals surface area contributed by atoms with Crippen LogP contribution in [0.5, 0.6) is 5.75 Å². The lowest BCUT2D eigenvalue weighted by atomic mass is 10.1. The molecule has 2 aromatic rings. The minimum atomic E-state index is 0.548. The van der Waals surface area contributed by atoms with Crippen LogP contribution in [0.3, 0.4) is 0 Å². The van der Waals surface area contributed by atoms with Crippen LogP contribution < -0.4 is 10.5 Å². The molecule has 0 aliphatic carbocycles. The molecule has 0 fully saturated rings. The third-order valence-corrected chi connectivity index (χ3v) is 3.67. The summed E-state index contributed by atoms with van der Waals surface area (Å²) in [5.41, 5.74) is 8.98. The fourth-order valence-corrected chi connectivity index (χ4v) is 2.05. The molecule has 0 unspecified atom stereocenters. The van der Waals surface area contributed by atoms with Gasteiger partial charge in [0, 0.05) is 5.69 Å². The zero-order chi connectivity index (χ0) is 13.0. The van der Waals surface area contributed by atoms with Crippen LogP contribution in [-0.4, -0.2) is 0 Å². The summed E-state index contributed by atoms with van der Waals surface area (Å²) >= 11 is 3.43. The molecule has 94 valence electrons. The molecule has 0 spiro atoms. The lowest BCUT2D eigenvalue weighted by Crippen LogP contribution is -1.97. The number of nitrogen functional groups attached to an aromatic ring is 1. The first-order valence-electron chi connectivity index (χ1n) is 5.95. The molecule has 0 amide bonds. The van der Waals surface area contributed by atoms with Gasteiger partial charge in [-0.3, -0.25) is 0 Å². The van der Waals surface area contributed by atoms with Crippen molar-refractivity contribution in [3.8, 4) is 5.75 Å². The van der Waals surface area contributed by atoms with E-state index in [1.165, 1.54) is 5.56 Å². The van der Waals surface area contributed by atoms with E-state index in [9.17, 15) is 0 Å². The van der Waals surface area contributed by atoms with Gasteiger partial charge in [-0.05, 0) is 45.6 Å². The van der Waals surface area contributed by atoms with Crippen molar-refractivity contribution < 1.29 is 4.74 Å². The second-order valence-electron chi connectivity index (χ2n) is 4.12. The Morgan fingerprint density at radius 2 is 1.72 bits per heavy atom. The molecule has 0 aliphatic rings. The van der Waals surface area contributed by atoms with Crippen LogP contribution in [0.1, 0.15) is 18.1 Å². The first-order chi connectivity index (χ1) is 8.70. The van der Waals surface area contributed by atoms with Crippen molar-refractivity contribution >= 4 is 21.6 Å². The molecule has 0 aromatic heterocycles. The number of aryl methyl sites for hydroxylation is 1. The van der Waals surface area contributed by atoms with Crippen molar-refractivity contribution in [2.75, 3.05) is 5.73 Å². The number of nitrogens with two attached hydrogens (primary N) is 1. The van der Waals surface area contributed by atoms with Crippen LogP contribution in [0.4, 0.5) is 5.69 Å². The fraction of sp³-hybridized carbons (Fsp3) is 0.200. The van der Waals surface area contributed by atoms with Crippen LogP contribution in [0, 0.1) is 0 Å². The molecule has 0 atom stereocenters. The Kier molecular flexibility index (Phi) is 4.26. The number of rotatable bonds is 4. The van der Waals surface area contributed by atoms with Crippen molar-refractivity contribution in [3.05, 3.63) is 58.1 Å². The SMILES string of the molecule is CCc1ccc(COc2cccc(N)c2Br)cc1. The van der Waals surface area contributed by atoms with Crippen molar-refractivity contribution in [2.45, 2.75) is 20.0 Å². The van der Waals surface area contributed by atoms with Gasteiger partial charge < -0.3 is 10.5 Å². The number of ether oxygens (including phenoxy) is 1. The first kappa shape index (κ1) is 13.0. The summed E-state index contributed by atoms with van der Waals surface area (Å²) in [6, 6.07) is 14.1. The molecule has 0 saturated heterocycles. The molecule has 0 bridgehead atoms. The van der Waals surface area contributed by atoms with E-state index in [2.05, 4.69) is 47.1 Å². The summed E-state index contributed by atoms with van der Waals surface area (Å²) in [6.07, 6.45) is 1.06. The molecular formula is C15H16BrNO. The van der Waals surface area contributed by atoms with E-state index < -0.39 is 0 Å². The van der Waals surface area contributed by atoms with E-state index in [1.54, 1.807) is 0 Å². The third kappa shape index (κ3) is 3.05. The van der Waals surface area contributed by atoms with E-state index in [0.717, 1.165) is 22.2 Å². The molecule has 0 saturated carbocycles. The first-order valence-corrected chi connectivity index (χ1v) is 6.74. The standard InChI is InChI=1S/C15H16BrNO/c1-2-11-6-8-12(9-7-11)10-18-14-5-3-4-13(17)15(14)16/h3-9H,2,10,17H2,1H3. The van der Waals surface area contributed by atoms with Gasteiger partial charge in [0.1, 0.15) is 12.4 Å².